The summed E-state index contributed by atoms with van der Waals surface area (Å²) in [5.74, 6) is 0.949. The summed E-state index contributed by atoms with van der Waals surface area (Å²) in [6.45, 7) is 2.14. The topological polar surface area (TPSA) is 43.8 Å². The predicted octanol–water partition coefficient (Wildman–Crippen LogP) is 3.45. The average molecular weight is 257 g/mol. The van der Waals surface area contributed by atoms with Gasteiger partial charge in [0.05, 0.1) is 21.6 Å². The van der Waals surface area contributed by atoms with Crippen LogP contribution in [0.5, 0.6) is 0 Å². The number of rotatable bonds is 2. The molecule has 0 atom stereocenters. The molecule has 3 aromatic rings. The van der Waals surface area contributed by atoms with Crippen molar-refractivity contribution in [1.29, 1.82) is 0 Å². The van der Waals surface area contributed by atoms with Crippen molar-refractivity contribution >= 4 is 27.4 Å². The molecule has 0 saturated heterocycles. The number of benzene rings is 1. The molecule has 0 aliphatic rings. The zero-order valence-electron chi connectivity index (χ0n) is 10.5. The van der Waals surface area contributed by atoms with Crippen molar-refractivity contribution in [2.45, 2.75) is 13.3 Å². The van der Waals surface area contributed by atoms with Gasteiger partial charge in [-0.3, -0.25) is 0 Å². The first-order chi connectivity index (χ1) is 8.70. The van der Waals surface area contributed by atoms with Crippen LogP contribution in [-0.2, 0) is 13.5 Å². The number of hydrogen-bond acceptors (Lipinski definition) is 3. The van der Waals surface area contributed by atoms with E-state index in [1.54, 1.807) is 11.3 Å². The highest BCUT2D eigenvalue weighted by Gasteiger charge is 2.14. The molecular weight excluding hydrogens is 242 g/mol. The second-order valence-electron chi connectivity index (χ2n) is 4.33. The Labute approximate surface area is 110 Å². The number of nitrogen functional groups attached to an aromatic ring is 1. The van der Waals surface area contributed by atoms with Crippen LogP contribution >= 0.6 is 11.3 Å². The number of para-hydroxylation sites is 2. The minimum atomic E-state index is 0.852. The quantitative estimate of drug-likeness (QED) is 0.764. The van der Waals surface area contributed by atoms with Crippen LogP contribution in [0.1, 0.15) is 11.8 Å². The minimum Gasteiger partial charge on any atom is -0.390 e. The number of thiophene rings is 1. The number of nitrogens with zero attached hydrogens (tertiary/aromatic N) is 2. The van der Waals surface area contributed by atoms with Gasteiger partial charge in [0, 0.05) is 11.9 Å². The molecule has 0 radical (unpaired) electrons. The fourth-order valence-corrected chi connectivity index (χ4v) is 3.06. The van der Waals surface area contributed by atoms with Crippen molar-refractivity contribution < 1.29 is 0 Å². The SMILES string of the molecule is CCc1cc(-c2nc3ccccc3n2C)c(N)s1. The smallest absolute Gasteiger partial charge is 0.143 e. The Morgan fingerprint density at radius 3 is 2.78 bits per heavy atom. The second kappa shape index (κ2) is 4.14. The molecular formula is C14H15N3S. The Bertz CT molecular complexity index is 709. The molecule has 0 aliphatic heterocycles. The van der Waals surface area contributed by atoms with E-state index in [1.165, 1.54) is 4.88 Å². The molecule has 4 heteroatoms. The van der Waals surface area contributed by atoms with Gasteiger partial charge in [-0.15, -0.1) is 11.3 Å². The lowest BCUT2D eigenvalue weighted by molar-refractivity contribution is 0.960. The van der Waals surface area contributed by atoms with Crippen LogP contribution in [0, 0.1) is 0 Å². The predicted molar refractivity (Wildman–Crippen MR) is 77.8 cm³/mol. The van der Waals surface area contributed by atoms with E-state index >= 15 is 0 Å². The van der Waals surface area contributed by atoms with Crippen LogP contribution in [0.4, 0.5) is 5.00 Å². The summed E-state index contributed by atoms with van der Waals surface area (Å²) >= 11 is 1.65. The van der Waals surface area contributed by atoms with Crippen molar-refractivity contribution in [2.75, 3.05) is 5.73 Å². The van der Waals surface area contributed by atoms with Gasteiger partial charge in [0.25, 0.3) is 0 Å². The molecule has 0 aliphatic carbocycles. The van der Waals surface area contributed by atoms with E-state index in [1.807, 2.05) is 25.2 Å². The molecule has 3 nitrogen and oxygen atoms in total. The molecule has 0 unspecified atom stereocenters. The van der Waals surface area contributed by atoms with Gasteiger partial charge in [0.2, 0.25) is 0 Å². The van der Waals surface area contributed by atoms with Crippen molar-refractivity contribution in [1.82, 2.24) is 9.55 Å². The minimum absolute atomic E-state index is 0.852. The van der Waals surface area contributed by atoms with Crippen LogP contribution in [0.15, 0.2) is 30.3 Å². The van der Waals surface area contributed by atoms with E-state index in [0.29, 0.717) is 0 Å². The number of nitrogens with two attached hydrogens (primary N) is 1. The Hall–Kier alpha value is -1.81. The van der Waals surface area contributed by atoms with Crippen LogP contribution in [0.3, 0.4) is 0 Å². The van der Waals surface area contributed by atoms with Gasteiger partial charge in [-0.25, -0.2) is 4.98 Å². The largest absolute Gasteiger partial charge is 0.390 e. The zero-order valence-corrected chi connectivity index (χ0v) is 11.3. The summed E-state index contributed by atoms with van der Waals surface area (Å²) in [4.78, 5) is 5.98. The third-order valence-electron chi connectivity index (χ3n) is 3.19. The molecule has 92 valence electrons. The molecule has 0 fully saturated rings. The molecule has 0 amide bonds. The number of aryl methyl sites for hydroxylation is 2. The van der Waals surface area contributed by atoms with Gasteiger partial charge in [-0.1, -0.05) is 19.1 Å². The highest BCUT2D eigenvalue weighted by atomic mass is 32.1. The number of imidazole rings is 1. The fourth-order valence-electron chi connectivity index (χ4n) is 2.19. The van der Waals surface area contributed by atoms with Gasteiger partial charge in [-0.2, -0.15) is 0 Å². The van der Waals surface area contributed by atoms with Crippen LogP contribution in [0.25, 0.3) is 22.4 Å². The third kappa shape index (κ3) is 1.61. The molecule has 2 heterocycles. The molecule has 3 rings (SSSR count). The van der Waals surface area contributed by atoms with Gasteiger partial charge in [0.15, 0.2) is 0 Å². The molecule has 0 spiro atoms. The lowest BCUT2D eigenvalue weighted by Gasteiger charge is -2.00. The van der Waals surface area contributed by atoms with E-state index in [2.05, 4.69) is 28.6 Å². The molecule has 0 bridgehead atoms. The average Bonchev–Trinajstić information content (AvgIpc) is 2.91. The zero-order chi connectivity index (χ0) is 12.7. The van der Waals surface area contributed by atoms with E-state index in [9.17, 15) is 0 Å². The van der Waals surface area contributed by atoms with Crippen LogP contribution in [-0.4, -0.2) is 9.55 Å². The molecule has 18 heavy (non-hydrogen) atoms. The van der Waals surface area contributed by atoms with E-state index in [4.69, 9.17) is 5.73 Å². The summed E-state index contributed by atoms with van der Waals surface area (Å²) in [5.41, 5.74) is 9.30. The van der Waals surface area contributed by atoms with Crippen LogP contribution in [0.2, 0.25) is 0 Å². The first-order valence-corrected chi connectivity index (χ1v) is 6.82. The summed E-state index contributed by atoms with van der Waals surface area (Å²) in [7, 11) is 2.04. The second-order valence-corrected chi connectivity index (χ2v) is 5.50. The van der Waals surface area contributed by atoms with Crippen molar-refractivity contribution in [2.24, 2.45) is 7.05 Å². The first kappa shape index (κ1) is 11.3. The van der Waals surface area contributed by atoms with Gasteiger partial charge in [-0.05, 0) is 24.6 Å². The molecule has 1 aromatic carbocycles. The number of anilines is 1. The Balaban J connectivity index is 2.24. The Kier molecular flexibility index (Phi) is 2.59. The lowest BCUT2D eigenvalue weighted by Crippen LogP contribution is -1.93. The van der Waals surface area contributed by atoms with Gasteiger partial charge >= 0.3 is 0 Å². The maximum Gasteiger partial charge on any atom is 0.143 e. The Morgan fingerprint density at radius 1 is 1.33 bits per heavy atom. The first-order valence-electron chi connectivity index (χ1n) is 6.00. The van der Waals surface area contributed by atoms with Crippen molar-refractivity contribution in [3.05, 3.63) is 35.2 Å². The van der Waals surface area contributed by atoms with E-state index in [-0.39, 0.29) is 0 Å². The number of aromatic nitrogens is 2. The summed E-state index contributed by atoms with van der Waals surface area (Å²) in [5, 5.41) is 0.852. The fraction of sp³-hybridized carbons (Fsp3) is 0.214. The normalized spacial score (nSPS) is 11.2. The van der Waals surface area contributed by atoms with E-state index < -0.39 is 0 Å². The van der Waals surface area contributed by atoms with Crippen LogP contribution < -0.4 is 5.73 Å². The third-order valence-corrected chi connectivity index (χ3v) is 4.30. The maximum atomic E-state index is 6.10. The molecule has 2 aromatic heterocycles. The number of hydrogen-bond donors (Lipinski definition) is 1. The Morgan fingerprint density at radius 2 is 2.11 bits per heavy atom. The lowest BCUT2D eigenvalue weighted by atomic mass is 10.2. The maximum absolute atomic E-state index is 6.10. The van der Waals surface area contributed by atoms with Gasteiger partial charge < -0.3 is 10.3 Å². The summed E-state index contributed by atoms with van der Waals surface area (Å²) in [6, 6.07) is 10.3. The summed E-state index contributed by atoms with van der Waals surface area (Å²) < 4.78 is 2.10. The van der Waals surface area contributed by atoms with Gasteiger partial charge in [0.1, 0.15) is 5.82 Å². The summed E-state index contributed by atoms with van der Waals surface area (Å²) in [6.07, 6.45) is 1.01. The van der Waals surface area contributed by atoms with Crippen molar-refractivity contribution in [3.8, 4) is 11.4 Å². The standard InChI is InChI=1S/C14H15N3S/c1-3-9-8-10(13(15)18-9)14-16-11-6-4-5-7-12(11)17(14)2/h4-8H,3,15H2,1-2H3. The highest BCUT2D eigenvalue weighted by Crippen LogP contribution is 2.34. The highest BCUT2D eigenvalue weighted by molar-refractivity contribution is 7.16. The monoisotopic (exact) mass is 257 g/mol. The molecule has 0 saturated carbocycles. The van der Waals surface area contributed by atoms with E-state index in [0.717, 1.165) is 33.8 Å². The molecule has 2 N–H and O–H groups in total. The number of fused-ring (bicyclic) bond motifs is 1. The van der Waals surface area contributed by atoms with Crippen molar-refractivity contribution in [3.63, 3.8) is 0 Å².